The third-order valence-electron chi connectivity index (χ3n) is 5.00. The van der Waals surface area contributed by atoms with Crippen LogP contribution in [-0.2, 0) is 11.3 Å². The third-order valence-corrected chi connectivity index (χ3v) is 5.00. The summed E-state index contributed by atoms with van der Waals surface area (Å²) in [6.07, 6.45) is 0. The molecule has 4 rings (SSSR count). The number of rotatable bonds is 4. The molecule has 124 valence electrons. The molecular formula is C23H21NO. The summed E-state index contributed by atoms with van der Waals surface area (Å²) >= 11 is 0. The van der Waals surface area contributed by atoms with Crippen LogP contribution in [0.25, 0.3) is 0 Å². The van der Waals surface area contributed by atoms with E-state index in [4.69, 9.17) is 0 Å². The standard InChI is InChI=1S/C23H21NO/c25-23-22(20-14-8-3-9-15-20)21(19-12-6-2-7-13-19)17-24(23)16-18-10-4-1-5-11-18/h1-15,21-22H,16-17H2/t21-,22-/m0/s1. The van der Waals surface area contributed by atoms with Gasteiger partial charge < -0.3 is 4.90 Å². The van der Waals surface area contributed by atoms with Crippen molar-refractivity contribution in [3.05, 3.63) is 108 Å². The smallest absolute Gasteiger partial charge is 0.231 e. The summed E-state index contributed by atoms with van der Waals surface area (Å²) in [5, 5.41) is 0. The zero-order chi connectivity index (χ0) is 17.1. The number of likely N-dealkylation sites (tertiary alicyclic amines) is 1. The van der Waals surface area contributed by atoms with Crippen molar-refractivity contribution in [3.8, 4) is 0 Å². The van der Waals surface area contributed by atoms with Crippen molar-refractivity contribution in [1.82, 2.24) is 4.90 Å². The second-order valence-electron chi connectivity index (χ2n) is 6.61. The lowest BCUT2D eigenvalue weighted by Crippen LogP contribution is -2.26. The van der Waals surface area contributed by atoms with Crippen molar-refractivity contribution in [2.24, 2.45) is 0 Å². The Morgan fingerprint density at radius 2 is 1.24 bits per heavy atom. The zero-order valence-corrected chi connectivity index (χ0v) is 14.1. The van der Waals surface area contributed by atoms with Gasteiger partial charge in [-0.3, -0.25) is 4.79 Å². The molecule has 0 aromatic heterocycles. The van der Waals surface area contributed by atoms with Crippen molar-refractivity contribution in [1.29, 1.82) is 0 Å². The van der Waals surface area contributed by atoms with Gasteiger partial charge in [-0.15, -0.1) is 0 Å². The summed E-state index contributed by atoms with van der Waals surface area (Å²) in [7, 11) is 0. The largest absolute Gasteiger partial charge is 0.337 e. The second-order valence-corrected chi connectivity index (χ2v) is 6.61. The first kappa shape index (κ1) is 15.6. The van der Waals surface area contributed by atoms with Crippen LogP contribution in [0.1, 0.15) is 28.5 Å². The Labute approximate surface area is 148 Å². The lowest BCUT2D eigenvalue weighted by Gasteiger charge is -2.17. The number of benzene rings is 3. The van der Waals surface area contributed by atoms with Crippen LogP contribution in [0.5, 0.6) is 0 Å². The molecule has 2 nitrogen and oxygen atoms in total. The van der Waals surface area contributed by atoms with E-state index in [1.54, 1.807) is 0 Å². The summed E-state index contributed by atoms with van der Waals surface area (Å²) < 4.78 is 0. The molecule has 1 heterocycles. The molecule has 3 aromatic rings. The maximum atomic E-state index is 13.2. The van der Waals surface area contributed by atoms with Gasteiger partial charge in [0, 0.05) is 19.0 Å². The minimum Gasteiger partial charge on any atom is -0.337 e. The Balaban J connectivity index is 1.68. The molecule has 1 fully saturated rings. The fourth-order valence-electron chi connectivity index (χ4n) is 3.78. The zero-order valence-electron chi connectivity index (χ0n) is 14.1. The van der Waals surface area contributed by atoms with E-state index in [2.05, 4.69) is 48.5 Å². The summed E-state index contributed by atoms with van der Waals surface area (Å²) in [5.41, 5.74) is 3.52. The van der Waals surface area contributed by atoms with Crippen LogP contribution in [0, 0.1) is 0 Å². The number of nitrogens with zero attached hydrogens (tertiary/aromatic N) is 1. The SMILES string of the molecule is O=C1[C@@H](c2ccccc2)[C@H](c2ccccc2)CN1Cc1ccccc1. The highest BCUT2D eigenvalue weighted by Gasteiger charge is 2.41. The average molecular weight is 327 g/mol. The first-order chi connectivity index (χ1) is 12.3. The van der Waals surface area contributed by atoms with Gasteiger partial charge in [-0.25, -0.2) is 0 Å². The van der Waals surface area contributed by atoms with Gasteiger partial charge in [0.05, 0.1) is 5.92 Å². The first-order valence-electron chi connectivity index (χ1n) is 8.75. The van der Waals surface area contributed by atoms with Gasteiger partial charge >= 0.3 is 0 Å². The first-order valence-corrected chi connectivity index (χ1v) is 8.75. The number of carbonyl (C=O) groups is 1. The molecule has 0 saturated carbocycles. The van der Waals surface area contributed by atoms with Crippen LogP contribution in [0.15, 0.2) is 91.0 Å². The molecule has 0 unspecified atom stereocenters. The van der Waals surface area contributed by atoms with Crippen LogP contribution in [-0.4, -0.2) is 17.4 Å². The molecule has 1 aliphatic heterocycles. The van der Waals surface area contributed by atoms with Crippen LogP contribution >= 0.6 is 0 Å². The predicted molar refractivity (Wildman–Crippen MR) is 100 cm³/mol. The Bertz CT molecular complexity index is 830. The molecule has 0 aliphatic carbocycles. The van der Waals surface area contributed by atoms with Crippen LogP contribution < -0.4 is 0 Å². The number of hydrogen-bond donors (Lipinski definition) is 0. The molecule has 1 aliphatic rings. The van der Waals surface area contributed by atoms with Gasteiger partial charge in [-0.2, -0.15) is 0 Å². The van der Waals surface area contributed by atoms with Crippen LogP contribution in [0.4, 0.5) is 0 Å². The van der Waals surface area contributed by atoms with E-state index in [9.17, 15) is 4.79 Å². The third kappa shape index (κ3) is 3.20. The lowest BCUT2D eigenvalue weighted by atomic mass is 9.84. The summed E-state index contributed by atoms with van der Waals surface area (Å²) in [6, 6.07) is 30.8. The Morgan fingerprint density at radius 1 is 0.720 bits per heavy atom. The maximum absolute atomic E-state index is 13.2. The molecule has 25 heavy (non-hydrogen) atoms. The van der Waals surface area contributed by atoms with E-state index in [1.807, 2.05) is 47.4 Å². The number of amides is 1. The lowest BCUT2D eigenvalue weighted by molar-refractivity contribution is -0.129. The molecule has 1 amide bonds. The van der Waals surface area contributed by atoms with Gasteiger partial charge in [-0.05, 0) is 16.7 Å². The van der Waals surface area contributed by atoms with Gasteiger partial charge in [0.25, 0.3) is 0 Å². The van der Waals surface area contributed by atoms with Gasteiger partial charge in [0.2, 0.25) is 5.91 Å². The predicted octanol–water partition coefficient (Wildman–Crippen LogP) is 4.60. The summed E-state index contributed by atoms with van der Waals surface area (Å²) in [4.78, 5) is 15.2. The average Bonchev–Trinajstić information content (AvgIpc) is 3.00. The van der Waals surface area contributed by atoms with Gasteiger partial charge in [-0.1, -0.05) is 91.0 Å². The minimum atomic E-state index is -0.104. The molecule has 0 radical (unpaired) electrons. The van der Waals surface area contributed by atoms with Gasteiger partial charge in [0.15, 0.2) is 0 Å². The number of carbonyl (C=O) groups excluding carboxylic acids is 1. The molecular weight excluding hydrogens is 306 g/mol. The van der Waals surface area contributed by atoms with E-state index < -0.39 is 0 Å². The normalized spacial score (nSPS) is 20.0. The topological polar surface area (TPSA) is 20.3 Å². The van der Waals surface area contributed by atoms with Crippen LogP contribution in [0.3, 0.4) is 0 Å². The molecule has 2 heteroatoms. The van der Waals surface area contributed by atoms with Crippen LogP contribution in [0.2, 0.25) is 0 Å². The van der Waals surface area contributed by atoms with Crippen molar-refractivity contribution >= 4 is 5.91 Å². The maximum Gasteiger partial charge on any atom is 0.231 e. The van der Waals surface area contributed by atoms with E-state index in [1.165, 1.54) is 11.1 Å². The second kappa shape index (κ2) is 6.94. The summed E-state index contributed by atoms with van der Waals surface area (Å²) in [5.74, 6) is 0.316. The van der Waals surface area contributed by atoms with Gasteiger partial charge in [0.1, 0.15) is 0 Å². The van der Waals surface area contributed by atoms with Crippen molar-refractivity contribution < 1.29 is 4.79 Å². The summed E-state index contributed by atoms with van der Waals surface area (Å²) in [6.45, 7) is 1.43. The highest BCUT2D eigenvalue weighted by atomic mass is 16.2. The minimum absolute atomic E-state index is 0.104. The Morgan fingerprint density at radius 3 is 1.84 bits per heavy atom. The quantitative estimate of drug-likeness (QED) is 0.686. The highest BCUT2D eigenvalue weighted by Crippen LogP contribution is 2.41. The van der Waals surface area contributed by atoms with E-state index >= 15 is 0 Å². The van der Waals surface area contributed by atoms with E-state index in [0.29, 0.717) is 6.54 Å². The molecule has 0 N–H and O–H groups in total. The molecule has 2 atom stereocenters. The fraction of sp³-hybridized carbons (Fsp3) is 0.174. The molecule has 0 bridgehead atoms. The van der Waals surface area contributed by atoms with Crippen molar-refractivity contribution in [2.75, 3.05) is 6.54 Å². The van der Waals surface area contributed by atoms with E-state index in [-0.39, 0.29) is 17.7 Å². The Hall–Kier alpha value is -2.87. The highest BCUT2D eigenvalue weighted by molar-refractivity contribution is 5.87. The van der Waals surface area contributed by atoms with E-state index in [0.717, 1.165) is 12.1 Å². The molecule has 1 saturated heterocycles. The number of hydrogen-bond acceptors (Lipinski definition) is 1. The Kier molecular flexibility index (Phi) is 4.34. The van der Waals surface area contributed by atoms with Crippen molar-refractivity contribution in [2.45, 2.75) is 18.4 Å². The van der Waals surface area contributed by atoms with Crippen molar-refractivity contribution in [3.63, 3.8) is 0 Å². The monoisotopic (exact) mass is 327 g/mol. The fourth-order valence-corrected chi connectivity index (χ4v) is 3.78. The molecule has 0 spiro atoms. The molecule has 3 aromatic carbocycles.